The molecule has 0 aliphatic carbocycles. The highest BCUT2D eigenvalue weighted by atomic mass is 32.1. The quantitative estimate of drug-likeness (QED) is 0.405. The monoisotopic (exact) mass is 469 g/mol. The average Bonchev–Trinajstić information content (AvgIpc) is 3.30. The molecule has 8 nitrogen and oxygen atoms in total. The maximum absolute atomic E-state index is 12.4. The molecule has 174 valence electrons. The van der Waals surface area contributed by atoms with Crippen LogP contribution in [0.4, 0.5) is 5.13 Å². The van der Waals surface area contributed by atoms with E-state index in [-0.39, 0.29) is 18.2 Å². The average molecular weight is 470 g/mol. The van der Waals surface area contributed by atoms with Crippen molar-refractivity contribution < 1.29 is 23.8 Å². The Balaban J connectivity index is 1.47. The minimum atomic E-state index is -0.223. The number of nitrogens with one attached hydrogen (secondary N) is 2. The number of methoxy groups -OCH3 is 2. The van der Waals surface area contributed by atoms with Crippen LogP contribution in [0, 0.1) is 0 Å². The summed E-state index contributed by atoms with van der Waals surface area (Å²) in [6.07, 6.45) is 0.765. The number of benzene rings is 2. The van der Waals surface area contributed by atoms with Crippen molar-refractivity contribution in [2.45, 2.75) is 19.8 Å². The number of aromatic nitrogens is 1. The molecule has 9 heteroatoms. The van der Waals surface area contributed by atoms with E-state index in [9.17, 15) is 9.59 Å². The molecule has 1 aromatic heterocycles. The fourth-order valence-corrected chi connectivity index (χ4v) is 3.86. The third-order valence-corrected chi connectivity index (χ3v) is 5.49. The molecule has 0 unspecified atom stereocenters. The van der Waals surface area contributed by atoms with Gasteiger partial charge in [0, 0.05) is 23.9 Å². The summed E-state index contributed by atoms with van der Waals surface area (Å²) in [6.45, 7) is 2.73. The molecular formula is C24H27N3O5S. The Kier molecular flexibility index (Phi) is 8.65. The molecule has 33 heavy (non-hydrogen) atoms. The number of amides is 2. The van der Waals surface area contributed by atoms with Gasteiger partial charge in [0.05, 0.1) is 32.1 Å². The van der Waals surface area contributed by atoms with Crippen molar-refractivity contribution in [2.75, 3.05) is 32.7 Å². The predicted octanol–water partition coefficient (Wildman–Crippen LogP) is 4.37. The summed E-state index contributed by atoms with van der Waals surface area (Å²) in [5.74, 6) is 1.41. The van der Waals surface area contributed by atoms with E-state index in [4.69, 9.17) is 14.2 Å². The molecule has 1 heterocycles. The van der Waals surface area contributed by atoms with Crippen molar-refractivity contribution in [3.8, 4) is 28.5 Å². The molecule has 0 bridgehead atoms. The zero-order chi connectivity index (χ0) is 23.6. The van der Waals surface area contributed by atoms with E-state index < -0.39 is 0 Å². The largest absolute Gasteiger partial charge is 0.493 e. The second kappa shape index (κ2) is 11.9. The number of hydrogen-bond acceptors (Lipinski definition) is 7. The molecule has 3 rings (SSSR count). The number of carbonyl (C=O) groups excluding carboxylic acids is 2. The van der Waals surface area contributed by atoms with Crippen LogP contribution < -0.4 is 24.8 Å². The highest BCUT2D eigenvalue weighted by molar-refractivity contribution is 7.14. The van der Waals surface area contributed by atoms with Gasteiger partial charge in [0.1, 0.15) is 5.75 Å². The molecule has 0 fully saturated rings. The summed E-state index contributed by atoms with van der Waals surface area (Å²) in [7, 11) is 3.16. The second-order valence-corrected chi connectivity index (χ2v) is 7.80. The van der Waals surface area contributed by atoms with E-state index in [0.717, 1.165) is 11.3 Å². The Morgan fingerprint density at radius 1 is 1.03 bits per heavy atom. The number of anilines is 1. The van der Waals surface area contributed by atoms with Crippen LogP contribution in [-0.2, 0) is 4.79 Å². The van der Waals surface area contributed by atoms with Crippen molar-refractivity contribution in [3.05, 3.63) is 53.4 Å². The third-order valence-electron chi connectivity index (χ3n) is 4.73. The van der Waals surface area contributed by atoms with Crippen LogP contribution in [0.1, 0.15) is 30.1 Å². The van der Waals surface area contributed by atoms with Crippen molar-refractivity contribution in [2.24, 2.45) is 0 Å². The topological polar surface area (TPSA) is 98.8 Å². The summed E-state index contributed by atoms with van der Waals surface area (Å²) >= 11 is 1.34. The molecule has 0 radical (unpaired) electrons. The van der Waals surface area contributed by atoms with Gasteiger partial charge in [-0.25, -0.2) is 4.98 Å². The number of carbonyl (C=O) groups is 2. The zero-order valence-corrected chi connectivity index (χ0v) is 19.7. The zero-order valence-electron chi connectivity index (χ0n) is 18.8. The molecule has 2 amide bonds. The number of thiazole rings is 1. The van der Waals surface area contributed by atoms with E-state index in [1.54, 1.807) is 32.4 Å². The number of para-hydroxylation sites is 1. The lowest BCUT2D eigenvalue weighted by Crippen LogP contribution is -2.26. The lowest BCUT2D eigenvalue weighted by Gasteiger charge is -2.10. The van der Waals surface area contributed by atoms with Crippen molar-refractivity contribution in [3.63, 3.8) is 0 Å². The highest BCUT2D eigenvalue weighted by Gasteiger charge is 2.13. The first-order valence-electron chi connectivity index (χ1n) is 10.5. The van der Waals surface area contributed by atoms with Crippen LogP contribution in [0.3, 0.4) is 0 Å². The van der Waals surface area contributed by atoms with Crippen LogP contribution in [0.25, 0.3) is 11.3 Å². The Labute approximate surface area is 196 Å². The first-order chi connectivity index (χ1) is 16.0. The molecule has 0 saturated carbocycles. The van der Waals surface area contributed by atoms with Gasteiger partial charge < -0.3 is 24.8 Å². The lowest BCUT2D eigenvalue weighted by atomic mass is 10.1. The number of ether oxygens (including phenoxy) is 3. The van der Waals surface area contributed by atoms with Gasteiger partial charge in [0.25, 0.3) is 5.91 Å². The van der Waals surface area contributed by atoms with E-state index in [1.165, 1.54) is 11.3 Å². The van der Waals surface area contributed by atoms with Crippen molar-refractivity contribution >= 4 is 28.3 Å². The van der Waals surface area contributed by atoms with Gasteiger partial charge >= 0.3 is 0 Å². The number of rotatable bonds is 11. The van der Waals surface area contributed by atoms with Crippen LogP contribution in [0.15, 0.2) is 47.8 Å². The van der Waals surface area contributed by atoms with Gasteiger partial charge in [-0.1, -0.05) is 12.1 Å². The number of hydrogen-bond donors (Lipinski definition) is 2. The van der Waals surface area contributed by atoms with Gasteiger partial charge in [0.15, 0.2) is 16.6 Å². The van der Waals surface area contributed by atoms with E-state index in [0.29, 0.717) is 47.5 Å². The molecule has 0 aliphatic heterocycles. The molecule has 2 aromatic carbocycles. The van der Waals surface area contributed by atoms with Gasteiger partial charge in [-0.05, 0) is 43.7 Å². The van der Waals surface area contributed by atoms with Crippen LogP contribution in [-0.4, -0.2) is 44.2 Å². The minimum Gasteiger partial charge on any atom is -0.493 e. The van der Waals surface area contributed by atoms with E-state index in [1.807, 2.05) is 36.6 Å². The Hall–Kier alpha value is -3.59. The number of nitrogens with zero attached hydrogens (tertiary/aromatic N) is 1. The Morgan fingerprint density at radius 2 is 1.82 bits per heavy atom. The summed E-state index contributed by atoms with van der Waals surface area (Å²) in [5, 5.41) is 8.02. The fourth-order valence-electron chi connectivity index (χ4n) is 3.12. The smallest absolute Gasteiger partial charge is 0.255 e. The Morgan fingerprint density at radius 3 is 2.58 bits per heavy atom. The second-order valence-electron chi connectivity index (χ2n) is 6.94. The van der Waals surface area contributed by atoms with Crippen molar-refractivity contribution in [1.82, 2.24) is 10.3 Å². The third kappa shape index (κ3) is 6.45. The molecule has 2 N–H and O–H groups in total. The summed E-state index contributed by atoms with van der Waals surface area (Å²) < 4.78 is 16.1. The Bertz CT molecular complexity index is 1100. The summed E-state index contributed by atoms with van der Waals surface area (Å²) in [6, 6.07) is 12.6. The van der Waals surface area contributed by atoms with E-state index in [2.05, 4.69) is 15.6 Å². The maximum atomic E-state index is 12.4. The maximum Gasteiger partial charge on any atom is 0.255 e. The molecular weight excluding hydrogens is 442 g/mol. The SMILES string of the molecule is CCOc1ccccc1C(=O)NCCCC(=O)Nc1nc(-c2ccc(OC)c(OC)c2)cs1. The molecule has 0 atom stereocenters. The summed E-state index contributed by atoms with van der Waals surface area (Å²) in [5.41, 5.74) is 2.07. The van der Waals surface area contributed by atoms with Crippen LogP contribution >= 0.6 is 11.3 Å². The first kappa shape index (κ1) is 24.1. The van der Waals surface area contributed by atoms with Gasteiger partial charge in [-0.15, -0.1) is 11.3 Å². The van der Waals surface area contributed by atoms with Gasteiger partial charge in [-0.2, -0.15) is 0 Å². The normalized spacial score (nSPS) is 10.4. The highest BCUT2D eigenvalue weighted by Crippen LogP contribution is 2.33. The predicted molar refractivity (Wildman–Crippen MR) is 128 cm³/mol. The van der Waals surface area contributed by atoms with Crippen LogP contribution in [0.2, 0.25) is 0 Å². The fraction of sp³-hybridized carbons (Fsp3) is 0.292. The van der Waals surface area contributed by atoms with Crippen molar-refractivity contribution in [1.29, 1.82) is 0 Å². The minimum absolute atomic E-state index is 0.160. The van der Waals surface area contributed by atoms with Crippen LogP contribution in [0.5, 0.6) is 17.2 Å². The lowest BCUT2D eigenvalue weighted by molar-refractivity contribution is -0.116. The van der Waals surface area contributed by atoms with Gasteiger partial charge in [-0.3, -0.25) is 9.59 Å². The molecule has 0 aliphatic rings. The van der Waals surface area contributed by atoms with E-state index >= 15 is 0 Å². The summed E-state index contributed by atoms with van der Waals surface area (Å²) in [4.78, 5) is 29.1. The molecule has 3 aromatic rings. The molecule has 0 spiro atoms. The van der Waals surface area contributed by atoms with Gasteiger partial charge in [0.2, 0.25) is 5.91 Å². The first-order valence-corrected chi connectivity index (χ1v) is 11.4. The standard InChI is InChI=1S/C24H27N3O5S/c1-4-32-19-9-6-5-8-17(19)23(29)25-13-7-10-22(28)27-24-26-18(15-33-24)16-11-12-20(30-2)21(14-16)31-3/h5-6,8-9,11-12,14-15H,4,7,10,13H2,1-3H3,(H,25,29)(H,26,27,28). The molecule has 0 saturated heterocycles.